The normalized spacial score (nSPS) is 27.0. The maximum atomic E-state index is 14.2. The van der Waals surface area contributed by atoms with Gasteiger partial charge in [0, 0.05) is 42.7 Å². The first-order valence-electron chi connectivity index (χ1n) is 20.2. The van der Waals surface area contributed by atoms with Crippen LogP contribution in [0.15, 0.2) is 48.6 Å². The molecule has 3 aliphatic carbocycles. The molecule has 1 aromatic carbocycles. The zero-order valence-electron chi connectivity index (χ0n) is 35.2. The van der Waals surface area contributed by atoms with Gasteiger partial charge in [0.2, 0.25) is 5.91 Å². The number of amides is 2. The van der Waals surface area contributed by atoms with Gasteiger partial charge >= 0.3 is 12.1 Å². The van der Waals surface area contributed by atoms with E-state index in [2.05, 4.69) is 68.6 Å². The lowest BCUT2D eigenvalue weighted by atomic mass is 9.72. The van der Waals surface area contributed by atoms with E-state index >= 15 is 0 Å². The molecule has 1 N–H and O–H groups in total. The third-order valence-electron chi connectivity index (χ3n) is 12.7. The molecule has 0 aromatic heterocycles. The topological polar surface area (TPSA) is 111 Å². The number of benzene rings is 1. The van der Waals surface area contributed by atoms with Gasteiger partial charge in [0.15, 0.2) is 5.78 Å². The van der Waals surface area contributed by atoms with Crippen molar-refractivity contribution in [2.24, 2.45) is 40.9 Å². The molecule has 4 rings (SSSR count). The first kappa shape index (κ1) is 43.3. The number of fused-ring (bicyclic) bond motifs is 3. The second-order valence-electron chi connectivity index (χ2n) is 18.2. The Kier molecular flexibility index (Phi) is 13.7. The molecule has 54 heavy (non-hydrogen) atoms. The molecule has 1 saturated carbocycles. The molecule has 0 heterocycles. The molecule has 1 aromatic rings. The number of hydrogen-bond acceptors (Lipinski definition) is 7. The van der Waals surface area contributed by atoms with Crippen molar-refractivity contribution in [3.63, 3.8) is 0 Å². The lowest BCUT2D eigenvalue weighted by molar-refractivity contribution is -0.159. The van der Waals surface area contributed by atoms with E-state index in [0.29, 0.717) is 6.42 Å². The van der Waals surface area contributed by atoms with Crippen LogP contribution in [0.3, 0.4) is 0 Å². The van der Waals surface area contributed by atoms with Crippen molar-refractivity contribution in [1.82, 2.24) is 10.2 Å². The van der Waals surface area contributed by atoms with Gasteiger partial charge in [-0.3, -0.25) is 19.3 Å². The number of allylic oxidation sites excluding steroid dienone is 4. The van der Waals surface area contributed by atoms with Crippen molar-refractivity contribution in [2.75, 3.05) is 20.8 Å². The molecule has 0 radical (unpaired) electrons. The second kappa shape index (κ2) is 17.1. The molecule has 9 nitrogen and oxygen atoms in total. The summed E-state index contributed by atoms with van der Waals surface area (Å²) in [6.07, 6.45) is 10.3. The van der Waals surface area contributed by atoms with E-state index in [0.717, 1.165) is 12.8 Å². The Labute approximate surface area is 325 Å². The Morgan fingerprint density at radius 1 is 1.00 bits per heavy atom. The monoisotopic (exact) mass is 749 g/mol. The SMILES string of the molecule is CC[C@H](C)[C@@]1([C@@H](CC(=O)OC(C)(C)C)OC)CC1CC(C)C(=O)[C@@H](NC(=O)[C@H](C(C)C)N(C)C(=O)OCC1c2ccccc2C2(C)C=CC=CC12)C(C)C. The molecule has 10 atom stereocenters. The lowest BCUT2D eigenvalue weighted by Gasteiger charge is -2.34. The predicted molar refractivity (Wildman–Crippen MR) is 213 cm³/mol. The molecule has 1 fully saturated rings. The summed E-state index contributed by atoms with van der Waals surface area (Å²) in [5.74, 6) is -0.815. The van der Waals surface area contributed by atoms with E-state index < -0.39 is 23.8 Å². The number of rotatable bonds is 17. The van der Waals surface area contributed by atoms with E-state index in [4.69, 9.17) is 14.2 Å². The number of ether oxygens (including phenoxy) is 3. The van der Waals surface area contributed by atoms with Crippen molar-refractivity contribution in [3.8, 4) is 0 Å². The maximum Gasteiger partial charge on any atom is 0.410 e. The average molecular weight is 749 g/mol. The molecular formula is C45H68N2O7. The molecule has 5 unspecified atom stereocenters. The van der Waals surface area contributed by atoms with E-state index in [9.17, 15) is 19.2 Å². The van der Waals surface area contributed by atoms with Gasteiger partial charge in [-0.25, -0.2) is 4.79 Å². The van der Waals surface area contributed by atoms with Gasteiger partial charge in [-0.1, -0.05) is 110 Å². The minimum absolute atomic E-state index is 0.0116. The standard InChI is InChI=1S/C45H68N2O7/c1-14-30(7)45(36(52-13)24-37(48)54-43(8,9)10)25-31(45)23-29(6)40(49)38(27(2)3)46-41(50)39(28(4)5)47(12)42(51)53-26-33-32-19-15-16-20-34(32)44(11)22-18-17-21-35(33)44/h15-22,27-31,33,35-36,38-39H,14,23-26H2,1-13H3,(H,46,50)/t29?,30-,31?,33?,35?,36+,38-,39-,44?,45-/m0/s1. The molecule has 9 heteroatoms. The molecule has 3 aliphatic rings. The van der Waals surface area contributed by atoms with Crippen LogP contribution in [0.4, 0.5) is 4.79 Å². The highest BCUT2D eigenvalue weighted by Gasteiger charge is 2.62. The van der Waals surface area contributed by atoms with E-state index in [1.807, 2.05) is 61.5 Å². The highest BCUT2D eigenvalue weighted by molar-refractivity contribution is 5.93. The summed E-state index contributed by atoms with van der Waals surface area (Å²) in [5.41, 5.74) is 1.43. The fourth-order valence-electron chi connectivity index (χ4n) is 9.62. The van der Waals surface area contributed by atoms with Crippen molar-refractivity contribution < 1.29 is 33.4 Å². The number of methoxy groups -OCH3 is 1. The number of Topliss-reactive ketones (excluding diaryl/α,β-unsaturated/α-hetero) is 1. The van der Waals surface area contributed by atoms with Gasteiger partial charge in [0.25, 0.3) is 0 Å². The summed E-state index contributed by atoms with van der Waals surface area (Å²) in [7, 11) is 3.25. The smallest absolute Gasteiger partial charge is 0.410 e. The first-order chi connectivity index (χ1) is 25.2. The Morgan fingerprint density at radius 3 is 2.26 bits per heavy atom. The minimum atomic E-state index is -0.836. The van der Waals surface area contributed by atoms with Crippen LogP contribution in [0.1, 0.15) is 119 Å². The van der Waals surface area contributed by atoms with E-state index in [1.165, 1.54) is 16.0 Å². The first-order valence-corrected chi connectivity index (χ1v) is 20.2. The van der Waals surface area contributed by atoms with E-state index in [-0.39, 0.29) is 89.0 Å². The third kappa shape index (κ3) is 8.98. The zero-order valence-corrected chi connectivity index (χ0v) is 35.2. The second-order valence-corrected chi connectivity index (χ2v) is 18.2. The van der Waals surface area contributed by atoms with Gasteiger partial charge in [-0.2, -0.15) is 0 Å². The van der Waals surface area contributed by atoms with Crippen LogP contribution in [-0.4, -0.2) is 73.2 Å². The number of hydrogen-bond donors (Lipinski definition) is 1. The quantitative estimate of drug-likeness (QED) is 0.159. The molecule has 0 saturated heterocycles. The maximum absolute atomic E-state index is 14.2. The number of carbonyl (C=O) groups excluding carboxylic acids is 4. The number of ketones is 1. The summed E-state index contributed by atoms with van der Waals surface area (Å²) < 4.78 is 17.6. The van der Waals surface area contributed by atoms with Crippen LogP contribution in [0.5, 0.6) is 0 Å². The molecule has 2 amide bonds. The van der Waals surface area contributed by atoms with Crippen molar-refractivity contribution in [2.45, 2.75) is 137 Å². The number of likely N-dealkylation sites (N-methyl/N-ethyl adjacent to an activating group) is 1. The summed E-state index contributed by atoms with van der Waals surface area (Å²) in [5, 5.41) is 3.06. The van der Waals surface area contributed by atoms with Crippen LogP contribution >= 0.6 is 0 Å². The largest absolute Gasteiger partial charge is 0.460 e. The fraction of sp³-hybridized carbons (Fsp3) is 0.689. The van der Waals surface area contributed by atoms with Crippen LogP contribution in [0, 0.1) is 40.9 Å². The molecule has 0 spiro atoms. The van der Waals surface area contributed by atoms with Gasteiger partial charge < -0.3 is 19.5 Å². The minimum Gasteiger partial charge on any atom is -0.460 e. The fourth-order valence-corrected chi connectivity index (χ4v) is 9.62. The Morgan fingerprint density at radius 2 is 1.67 bits per heavy atom. The van der Waals surface area contributed by atoms with Crippen LogP contribution < -0.4 is 5.32 Å². The highest BCUT2D eigenvalue weighted by atomic mass is 16.6. The van der Waals surface area contributed by atoms with Crippen LogP contribution in [-0.2, 0) is 34.0 Å². The van der Waals surface area contributed by atoms with Gasteiger partial charge in [-0.05, 0) is 68.4 Å². The average Bonchev–Trinajstić information content (AvgIpc) is 3.75. The van der Waals surface area contributed by atoms with Crippen molar-refractivity contribution >= 4 is 23.8 Å². The summed E-state index contributed by atoms with van der Waals surface area (Å²) in [4.78, 5) is 56.1. The summed E-state index contributed by atoms with van der Waals surface area (Å²) in [6.45, 7) is 21.9. The number of nitrogens with one attached hydrogen (secondary N) is 1. The van der Waals surface area contributed by atoms with Crippen molar-refractivity contribution in [1.29, 1.82) is 0 Å². The number of nitrogens with zero attached hydrogens (tertiary/aromatic N) is 1. The zero-order chi connectivity index (χ0) is 40.3. The Bertz CT molecular complexity index is 1580. The van der Waals surface area contributed by atoms with Gasteiger partial charge in [0.1, 0.15) is 18.2 Å². The molecular weight excluding hydrogens is 681 g/mol. The predicted octanol–water partition coefficient (Wildman–Crippen LogP) is 8.41. The molecule has 300 valence electrons. The van der Waals surface area contributed by atoms with Gasteiger partial charge in [-0.15, -0.1) is 0 Å². The summed E-state index contributed by atoms with van der Waals surface area (Å²) in [6, 6.07) is 6.78. The number of carbonyl (C=O) groups is 4. The van der Waals surface area contributed by atoms with Crippen molar-refractivity contribution in [3.05, 3.63) is 59.7 Å². The molecule has 0 aliphatic heterocycles. The highest BCUT2D eigenvalue weighted by Crippen LogP contribution is 2.64. The van der Waals surface area contributed by atoms with E-state index in [1.54, 1.807) is 14.2 Å². The Hall–Kier alpha value is -3.46. The number of esters is 1. The Balaban J connectivity index is 1.42. The van der Waals surface area contributed by atoms with Gasteiger partial charge in [0.05, 0.1) is 18.6 Å². The molecule has 0 bridgehead atoms. The third-order valence-corrected chi connectivity index (χ3v) is 12.7. The van der Waals surface area contributed by atoms with Crippen LogP contribution in [0.2, 0.25) is 0 Å². The lowest BCUT2D eigenvalue weighted by Crippen LogP contribution is -2.56. The van der Waals surface area contributed by atoms with Crippen LogP contribution in [0.25, 0.3) is 0 Å². The summed E-state index contributed by atoms with van der Waals surface area (Å²) >= 11 is 0.